The molecule has 0 saturated heterocycles. The molecule has 18 heavy (non-hydrogen) atoms. The second-order valence-electron chi connectivity index (χ2n) is 5.85. The van der Waals surface area contributed by atoms with E-state index in [1.54, 1.807) is 0 Å². The zero-order valence-corrected chi connectivity index (χ0v) is 12.1. The summed E-state index contributed by atoms with van der Waals surface area (Å²) in [7, 11) is 0. The molecular formula is C15H30N2O. The highest BCUT2D eigenvalue weighted by Crippen LogP contribution is 2.30. The second kappa shape index (κ2) is 8.52. The molecule has 3 N–H and O–H groups in total. The number of rotatable bonds is 7. The lowest BCUT2D eigenvalue weighted by Gasteiger charge is -2.28. The highest BCUT2D eigenvalue weighted by molar-refractivity contribution is 5.76. The number of amides is 1. The third-order valence-electron chi connectivity index (χ3n) is 4.24. The molecule has 1 aliphatic carbocycles. The van der Waals surface area contributed by atoms with Crippen molar-refractivity contribution < 1.29 is 4.79 Å². The summed E-state index contributed by atoms with van der Waals surface area (Å²) >= 11 is 0. The van der Waals surface area contributed by atoms with Gasteiger partial charge in [0.2, 0.25) is 5.91 Å². The van der Waals surface area contributed by atoms with Gasteiger partial charge in [0, 0.05) is 19.0 Å². The minimum atomic E-state index is 0.0332. The number of nitrogens with one attached hydrogen (secondary N) is 1. The van der Waals surface area contributed by atoms with E-state index in [4.69, 9.17) is 5.73 Å². The molecule has 0 radical (unpaired) electrons. The summed E-state index contributed by atoms with van der Waals surface area (Å²) in [6.07, 6.45) is 9.02. The average molecular weight is 254 g/mol. The molecule has 1 amide bonds. The Hall–Kier alpha value is -0.570. The van der Waals surface area contributed by atoms with Crippen LogP contribution in [-0.4, -0.2) is 18.5 Å². The molecule has 0 spiro atoms. The minimum Gasteiger partial charge on any atom is -0.356 e. The Labute approximate surface area is 112 Å². The van der Waals surface area contributed by atoms with Gasteiger partial charge < -0.3 is 11.1 Å². The second-order valence-corrected chi connectivity index (χ2v) is 5.85. The maximum absolute atomic E-state index is 11.7. The van der Waals surface area contributed by atoms with Crippen molar-refractivity contribution in [3.05, 3.63) is 0 Å². The first kappa shape index (κ1) is 15.5. The number of carbonyl (C=O) groups is 1. The van der Waals surface area contributed by atoms with Crippen LogP contribution in [-0.2, 0) is 4.79 Å². The fourth-order valence-corrected chi connectivity index (χ4v) is 2.89. The highest BCUT2D eigenvalue weighted by Gasteiger charge is 2.20. The van der Waals surface area contributed by atoms with Crippen molar-refractivity contribution in [3.8, 4) is 0 Å². The summed E-state index contributed by atoms with van der Waals surface area (Å²) in [5.41, 5.74) is 5.87. The van der Waals surface area contributed by atoms with E-state index in [-0.39, 0.29) is 11.9 Å². The van der Waals surface area contributed by atoms with Gasteiger partial charge in [-0.2, -0.15) is 0 Å². The summed E-state index contributed by atoms with van der Waals surface area (Å²) in [4.78, 5) is 11.7. The molecule has 1 aliphatic rings. The van der Waals surface area contributed by atoms with Gasteiger partial charge in [0.1, 0.15) is 0 Å². The molecule has 0 aliphatic heterocycles. The van der Waals surface area contributed by atoms with E-state index in [0.717, 1.165) is 25.3 Å². The molecule has 0 heterocycles. The first-order valence-corrected chi connectivity index (χ1v) is 7.67. The van der Waals surface area contributed by atoms with Crippen LogP contribution in [0, 0.1) is 11.8 Å². The van der Waals surface area contributed by atoms with Crippen molar-refractivity contribution in [2.24, 2.45) is 17.6 Å². The van der Waals surface area contributed by atoms with Gasteiger partial charge in [0.15, 0.2) is 0 Å². The molecule has 1 rings (SSSR count). The lowest BCUT2D eigenvalue weighted by molar-refractivity contribution is -0.121. The monoisotopic (exact) mass is 254 g/mol. The first-order valence-electron chi connectivity index (χ1n) is 7.67. The largest absolute Gasteiger partial charge is 0.356 e. The van der Waals surface area contributed by atoms with E-state index >= 15 is 0 Å². The van der Waals surface area contributed by atoms with E-state index in [9.17, 15) is 4.79 Å². The van der Waals surface area contributed by atoms with Crippen molar-refractivity contribution in [2.75, 3.05) is 6.54 Å². The Morgan fingerprint density at radius 2 is 1.83 bits per heavy atom. The van der Waals surface area contributed by atoms with Crippen LogP contribution in [0.4, 0.5) is 0 Å². The molecule has 0 bridgehead atoms. The lowest BCUT2D eigenvalue weighted by Crippen LogP contribution is -2.35. The quantitative estimate of drug-likeness (QED) is 0.734. The SMILES string of the molecule is CCCC(N)CC(=O)NCC1CCC(CC)CC1. The number of carbonyl (C=O) groups excluding carboxylic acids is 1. The van der Waals surface area contributed by atoms with Crippen LogP contribution >= 0.6 is 0 Å². The smallest absolute Gasteiger partial charge is 0.221 e. The summed E-state index contributed by atoms with van der Waals surface area (Å²) in [5, 5.41) is 3.06. The van der Waals surface area contributed by atoms with Crippen molar-refractivity contribution in [3.63, 3.8) is 0 Å². The van der Waals surface area contributed by atoms with Gasteiger partial charge in [-0.1, -0.05) is 39.5 Å². The molecular weight excluding hydrogens is 224 g/mol. The number of hydrogen-bond acceptors (Lipinski definition) is 2. The standard InChI is InChI=1S/C15H30N2O/c1-3-5-14(16)10-15(18)17-11-13-8-6-12(4-2)7-9-13/h12-14H,3-11,16H2,1-2H3,(H,17,18). The molecule has 1 fully saturated rings. The van der Waals surface area contributed by atoms with Crippen LogP contribution < -0.4 is 11.1 Å². The molecule has 3 nitrogen and oxygen atoms in total. The Balaban J connectivity index is 2.11. The Morgan fingerprint density at radius 1 is 1.22 bits per heavy atom. The van der Waals surface area contributed by atoms with E-state index in [1.165, 1.54) is 32.1 Å². The van der Waals surface area contributed by atoms with E-state index in [1.807, 2.05) is 0 Å². The summed E-state index contributed by atoms with van der Waals surface area (Å²) in [5.74, 6) is 1.75. The normalized spacial score (nSPS) is 25.7. The van der Waals surface area contributed by atoms with Gasteiger partial charge in [-0.05, 0) is 31.1 Å². The van der Waals surface area contributed by atoms with Gasteiger partial charge in [0.25, 0.3) is 0 Å². The summed E-state index contributed by atoms with van der Waals surface area (Å²) < 4.78 is 0. The van der Waals surface area contributed by atoms with Crippen molar-refractivity contribution in [1.82, 2.24) is 5.32 Å². The zero-order valence-electron chi connectivity index (χ0n) is 12.1. The third kappa shape index (κ3) is 5.85. The first-order chi connectivity index (χ1) is 8.65. The van der Waals surface area contributed by atoms with E-state index in [0.29, 0.717) is 12.3 Å². The van der Waals surface area contributed by atoms with Crippen molar-refractivity contribution in [1.29, 1.82) is 0 Å². The van der Waals surface area contributed by atoms with Gasteiger partial charge in [-0.25, -0.2) is 0 Å². The van der Waals surface area contributed by atoms with Crippen LogP contribution in [0.2, 0.25) is 0 Å². The lowest BCUT2D eigenvalue weighted by atomic mass is 9.81. The molecule has 1 saturated carbocycles. The predicted molar refractivity (Wildman–Crippen MR) is 76.2 cm³/mol. The highest BCUT2D eigenvalue weighted by atomic mass is 16.1. The fraction of sp³-hybridized carbons (Fsp3) is 0.933. The van der Waals surface area contributed by atoms with Gasteiger partial charge in [0.05, 0.1) is 0 Å². The number of nitrogens with two attached hydrogens (primary N) is 1. The Morgan fingerprint density at radius 3 is 2.39 bits per heavy atom. The van der Waals surface area contributed by atoms with Crippen LogP contribution in [0.3, 0.4) is 0 Å². The Bertz CT molecular complexity index is 235. The topological polar surface area (TPSA) is 55.1 Å². The maximum atomic E-state index is 11.7. The maximum Gasteiger partial charge on any atom is 0.221 e. The van der Waals surface area contributed by atoms with Gasteiger partial charge in [-0.3, -0.25) is 4.79 Å². The minimum absolute atomic E-state index is 0.0332. The zero-order chi connectivity index (χ0) is 13.4. The molecule has 0 aromatic carbocycles. The van der Waals surface area contributed by atoms with E-state index in [2.05, 4.69) is 19.2 Å². The molecule has 3 heteroatoms. The van der Waals surface area contributed by atoms with Crippen LogP contribution in [0.1, 0.15) is 65.2 Å². The average Bonchev–Trinajstić information content (AvgIpc) is 2.37. The molecule has 0 aromatic rings. The Kier molecular flexibility index (Phi) is 7.33. The molecule has 0 aromatic heterocycles. The third-order valence-corrected chi connectivity index (χ3v) is 4.24. The summed E-state index contributed by atoms with van der Waals surface area (Å²) in [6.45, 7) is 5.24. The van der Waals surface area contributed by atoms with Crippen molar-refractivity contribution >= 4 is 5.91 Å². The van der Waals surface area contributed by atoms with Crippen LogP contribution in [0.15, 0.2) is 0 Å². The molecule has 106 valence electrons. The van der Waals surface area contributed by atoms with E-state index < -0.39 is 0 Å². The van der Waals surface area contributed by atoms with Gasteiger partial charge >= 0.3 is 0 Å². The predicted octanol–water partition coefficient (Wildman–Crippen LogP) is 2.84. The summed E-state index contributed by atoms with van der Waals surface area (Å²) in [6, 6.07) is 0.0332. The molecule has 1 atom stereocenters. The van der Waals surface area contributed by atoms with Crippen LogP contribution in [0.5, 0.6) is 0 Å². The van der Waals surface area contributed by atoms with Gasteiger partial charge in [-0.15, -0.1) is 0 Å². The van der Waals surface area contributed by atoms with Crippen molar-refractivity contribution in [2.45, 2.75) is 71.3 Å². The molecule has 1 unspecified atom stereocenters. The fourth-order valence-electron chi connectivity index (χ4n) is 2.89. The number of hydrogen-bond donors (Lipinski definition) is 2. The van der Waals surface area contributed by atoms with Crippen LogP contribution in [0.25, 0.3) is 0 Å².